The first-order valence-electron chi connectivity index (χ1n) is 16.2. The molecule has 1 saturated heterocycles. The minimum atomic E-state index is -0.714. The molecule has 0 aromatic heterocycles. The van der Waals surface area contributed by atoms with Gasteiger partial charge in [-0.15, -0.1) is 0 Å². The summed E-state index contributed by atoms with van der Waals surface area (Å²) in [7, 11) is 0. The number of halogens is 1. The Morgan fingerprint density at radius 2 is 1.71 bits per heavy atom. The molecule has 0 N–H and O–H groups in total. The van der Waals surface area contributed by atoms with Crippen LogP contribution in [-0.2, 0) is 25.5 Å². The van der Waals surface area contributed by atoms with Crippen LogP contribution >= 0.6 is 0 Å². The van der Waals surface area contributed by atoms with E-state index in [2.05, 4.69) is 13.8 Å². The molecular weight excluding hydrogens is 521 g/mol. The summed E-state index contributed by atoms with van der Waals surface area (Å²) in [5, 5.41) is 0. The van der Waals surface area contributed by atoms with Gasteiger partial charge in [0.25, 0.3) is 0 Å². The number of likely N-dealkylation sites (tertiary alicyclic amines) is 1. The molecule has 1 aliphatic heterocycles. The summed E-state index contributed by atoms with van der Waals surface area (Å²) in [5.41, 5.74) is 0.395. The van der Waals surface area contributed by atoms with Crippen LogP contribution in [0.5, 0.6) is 0 Å². The maximum absolute atomic E-state index is 15.0. The summed E-state index contributed by atoms with van der Waals surface area (Å²) < 4.78 is 25.4. The molecule has 7 heteroatoms. The van der Waals surface area contributed by atoms with Gasteiger partial charge < -0.3 is 14.4 Å². The van der Waals surface area contributed by atoms with Gasteiger partial charge in [0.2, 0.25) is 5.91 Å². The zero-order valence-corrected chi connectivity index (χ0v) is 25.4. The number of ether oxygens (including phenoxy) is 2. The van der Waals surface area contributed by atoms with Crippen molar-refractivity contribution in [3.05, 3.63) is 35.1 Å². The average Bonchev–Trinajstić information content (AvgIpc) is 3.42. The van der Waals surface area contributed by atoms with Gasteiger partial charge in [0.05, 0.1) is 18.2 Å². The second-order valence-electron chi connectivity index (χ2n) is 12.8. The molecule has 0 radical (unpaired) electrons. The van der Waals surface area contributed by atoms with E-state index in [0.717, 1.165) is 44.9 Å². The zero-order valence-electron chi connectivity index (χ0n) is 25.4. The highest BCUT2D eigenvalue weighted by Crippen LogP contribution is 2.42. The van der Waals surface area contributed by atoms with Crippen LogP contribution in [0, 0.1) is 35.4 Å². The van der Waals surface area contributed by atoms with Crippen LogP contribution in [0.2, 0.25) is 0 Å². The summed E-state index contributed by atoms with van der Waals surface area (Å²) in [6.45, 7) is 8.29. The fourth-order valence-corrected chi connectivity index (χ4v) is 7.49. The molecule has 2 atom stereocenters. The minimum Gasteiger partial charge on any atom is -0.462 e. The number of carbonyl (C=O) groups excluding carboxylic acids is 3. The SMILES string of the molecule is CCOCCCOC(=O)c1ccc(CC(=O)[C@@H]2[C@H](C3CCCCC3)CCN2C(=O)C2CCC(C(C)C)CC2)cc1F. The van der Waals surface area contributed by atoms with E-state index in [1.165, 1.54) is 31.4 Å². The van der Waals surface area contributed by atoms with Crippen molar-refractivity contribution in [3.63, 3.8) is 0 Å². The first-order valence-corrected chi connectivity index (χ1v) is 16.2. The lowest BCUT2D eigenvalue weighted by molar-refractivity contribution is -0.143. The molecule has 4 rings (SSSR count). The predicted octanol–water partition coefficient (Wildman–Crippen LogP) is 6.78. The lowest BCUT2D eigenvalue weighted by Crippen LogP contribution is -2.48. The topological polar surface area (TPSA) is 72.9 Å². The number of carbonyl (C=O) groups is 3. The Morgan fingerprint density at radius 1 is 0.976 bits per heavy atom. The highest BCUT2D eigenvalue weighted by Gasteiger charge is 2.46. The fraction of sp³-hybridized carbons (Fsp3) is 0.735. The van der Waals surface area contributed by atoms with Crippen molar-refractivity contribution in [2.75, 3.05) is 26.4 Å². The van der Waals surface area contributed by atoms with Crippen LogP contribution in [0.1, 0.15) is 107 Å². The quantitative estimate of drug-likeness (QED) is 0.204. The molecule has 0 bridgehead atoms. The largest absolute Gasteiger partial charge is 0.462 e. The molecule has 1 amide bonds. The second-order valence-corrected chi connectivity index (χ2v) is 12.8. The molecule has 41 heavy (non-hydrogen) atoms. The van der Waals surface area contributed by atoms with Gasteiger partial charge in [0, 0.05) is 38.5 Å². The van der Waals surface area contributed by atoms with Crippen LogP contribution in [-0.4, -0.2) is 55.0 Å². The molecule has 3 aliphatic rings. The van der Waals surface area contributed by atoms with E-state index in [0.29, 0.717) is 49.5 Å². The third-order valence-corrected chi connectivity index (χ3v) is 9.88. The van der Waals surface area contributed by atoms with Crippen LogP contribution in [0.25, 0.3) is 0 Å². The zero-order chi connectivity index (χ0) is 29.4. The third kappa shape index (κ3) is 8.18. The van der Waals surface area contributed by atoms with Crippen LogP contribution in [0.3, 0.4) is 0 Å². The van der Waals surface area contributed by atoms with Crippen molar-refractivity contribution in [2.24, 2.45) is 29.6 Å². The standard InChI is InChI=1S/C34H50FNO5/c1-4-40-19-8-20-41-34(39)29-16-11-24(21-30(29)35)22-31(37)32-28(26-9-6-5-7-10-26)17-18-36(32)33(38)27-14-12-25(13-15-27)23(2)3/h11,16,21,23,25-28,32H,4-10,12-15,17-20,22H2,1-3H3/t25?,27?,28-,32-/m0/s1. The number of hydrogen-bond donors (Lipinski definition) is 0. The maximum atomic E-state index is 15.0. The Morgan fingerprint density at radius 3 is 2.37 bits per heavy atom. The van der Waals surface area contributed by atoms with E-state index < -0.39 is 17.8 Å². The molecule has 2 saturated carbocycles. The van der Waals surface area contributed by atoms with Gasteiger partial charge in [0.1, 0.15) is 5.82 Å². The Labute approximate surface area is 245 Å². The summed E-state index contributed by atoms with van der Waals surface area (Å²) in [5.74, 6) is 0.696. The van der Waals surface area contributed by atoms with E-state index in [1.54, 1.807) is 6.07 Å². The Bertz CT molecular complexity index is 1030. The van der Waals surface area contributed by atoms with E-state index in [4.69, 9.17) is 9.47 Å². The van der Waals surface area contributed by atoms with Crippen molar-refractivity contribution in [3.8, 4) is 0 Å². The molecule has 0 unspecified atom stereocenters. The highest BCUT2D eigenvalue weighted by molar-refractivity contribution is 5.93. The number of esters is 1. The molecule has 1 heterocycles. The summed E-state index contributed by atoms with van der Waals surface area (Å²) in [4.78, 5) is 42.1. The molecule has 1 aromatic rings. The lowest BCUT2D eigenvalue weighted by Gasteiger charge is -2.37. The van der Waals surface area contributed by atoms with Crippen LogP contribution in [0.15, 0.2) is 18.2 Å². The number of benzene rings is 1. The van der Waals surface area contributed by atoms with Gasteiger partial charge in [-0.3, -0.25) is 9.59 Å². The van der Waals surface area contributed by atoms with Gasteiger partial charge in [-0.05, 0) is 80.4 Å². The molecule has 6 nitrogen and oxygen atoms in total. The smallest absolute Gasteiger partial charge is 0.341 e. The Hall–Kier alpha value is -2.28. The van der Waals surface area contributed by atoms with Gasteiger partial charge >= 0.3 is 5.97 Å². The normalized spacial score (nSPS) is 25.4. The number of rotatable bonds is 12. The third-order valence-electron chi connectivity index (χ3n) is 9.88. The van der Waals surface area contributed by atoms with Crippen molar-refractivity contribution in [1.29, 1.82) is 0 Å². The molecule has 3 fully saturated rings. The van der Waals surface area contributed by atoms with E-state index >= 15 is 0 Å². The lowest BCUT2D eigenvalue weighted by atomic mass is 9.74. The monoisotopic (exact) mass is 571 g/mol. The number of hydrogen-bond acceptors (Lipinski definition) is 5. The van der Waals surface area contributed by atoms with Crippen molar-refractivity contribution >= 4 is 17.7 Å². The van der Waals surface area contributed by atoms with Gasteiger partial charge in [-0.1, -0.05) is 52.0 Å². The maximum Gasteiger partial charge on any atom is 0.341 e. The van der Waals surface area contributed by atoms with E-state index in [9.17, 15) is 18.8 Å². The van der Waals surface area contributed by atoms with E-state index in [-0.39, 0.29) is 42.1 Å². The molecule has 228 valence electrons. The Balaban J connectivity index is 1.44. The molecule has 2 aliphatic carbocycles. The molecular formula is C34H50FNO5. The van der Waals surface area contributed by atoms with Gasteiger partial charge in [-0.25, -0.2) is 9.18 Å². The Kier molecular flexibility index (Phi) is 11.8. The number of ketones is 1. The fourth-order valence-electron chi connectivity index (χ4n) is 7.49. The number of nitrogens with zero attached hydrogens (tertiary/aromatic N) is 1. The van der Waals surface area contributed by atoms with Crippen LogP contribution < -0.4 is 0 Å². The van der Waals surface area contributed by atoms with Gasteiger partial charge in [0.15, 0.2) is 5.78 Å². The first kappa shape index (κ1) is 31.7. The summed E-state index contributed by atoms with van der Waals surface area (Å²) >= 11 is 0. The minimum absolute atomic E-state index is 0.00156. The second kappa shape index (κ2) is 15.3. The van der Waals surface area contributed by atoms with Crippen molar-refractivity contribution in [2.45, 2.75) is 104 Å². The average molecular weight is 572 g/mol. The van der Waals surface area contributed by atoms with Gasteiger partial charge in [-0.2, -0.15) is 0 Å². The molecule has 0 spiro atoms. The first-order chi connectivity index (χ1) is 19.8. The summed E-state index contributed by atoms with van der Waals surface area (Å²) in [6.07, 6.45) is 11.3. The van der Waals surface area contributed by atoms with E-state index in [1.807, 2.05) is 11.8 Å². The number of Topliss-reactive ketones (excluding diaryl/α,β-unsaturated/α-hetero) is 1. The predicted molar refractivity (Wildman–Crippen MR) is 157 cm³/mol. The summed E-state index contributed by atoms with van der Waals surface area (Å²) in [6, 6.07) is 3.89. The molecule has 1 aromatic carbocycles. The van der Waals surface area contributed by atoms with Crippen LogP contribution in [0.4, 0.5) is 4.39 Å². The highest BCUT2D eigenvalue weighted by atomic mass is 19.1. The van der Waals surface area contributed by atoms with Crippen molar-refractivity contribution in [1.82, 2.24) is 4.90 Å². The number of amides is 1. The van der Waals surface area contributed by atoms with Crippen molar-refractivity contribution < 1.29 is 28.2 Å².